The number of rotatable bonds is 4. The van der Waals surface area contributed by atoms with Gasteiger partial charge in [-0.05, 0) is 47.7 Å². The van der Waals surface area contributed by atoms with Crippen LogP contribution in [0.15, 0.2) is 54.1 Å². The monoisotopic (exact) mass is 524 g/mol. The summed E-state index contributed by atoms with van der Waals surface area (Å²) in [5.74, 6) is -2.60. The molecule has 0 aliphatic carbocycles. The van der Waals surface area contributed by atoms with Crippen LogP contribution in [0.5, 0.6) is 0 Å². The number of amides is 1. The molecular formula is C27H25ClN2O5S. The van der Waals surface area contributed by atoms with Gasteiger partial charge in [0.15, 0.2) is 5.13 Å². The highest BCUT2D eigenvalue weighted by molar-refractivity contribution is 7.17. The van der Waals surface area contributed by atoms with E-state index >= 15 is 0 Å². The van der Waals surface area contributed by atoms with Crippen molar-refractivity contribution in [3.8, 4) is 0 Å². The number of nitrogens with zero attached hydrogens (tertiary/aromatic N) is 2. The average molecular weight is 525 g/mol. The van der Waals surface area contributed by atoms with E-state index < -0.39 is 23.7 Å². The van der Waals surface area contributed by atoms with Gasteiger partial charge in [0, 0.05) is 10.6 Å². The zero-order chi connectivity index (χ0) is 26.4. The first kappa shape index (κ1) is 25.6. The van der Waals surface area contributed by atoms with E-state index in [0.29, 0.717) is 21.8 Å². The molecule has 186 valence electrons. The minimum atomic E-state index is -0.953. The Morgan fingerprint density at radius 3 is 2.25 bits per heavy atom. The Kier molecular flexibility index (Phi) is 6.77. The molecule has 1 saturated heterocycles. The highest BCUT2D eigenvalue weighted by Crippen LogP contribution is 2.44. The third-order valence-electron chi connectivity index (χ3n) is 6.02. The number of ether oxygens (including phenoxy) is 1. The van der Waals surface area contributed by atoms with Crippen LogP contribution in [0.3, 0.4) is 0 Å². The Morgan fingerprint density at radius 1 is 1.08 bits per heavy atom. The molecule has 36 heavy (non-hydrogen) atoms. The lowest BCUT2D eigenvalue weighted by atomic mass is 9.85. The number of ketones is 1. The van der Waals surface area contributed by atoms with E-state index in [1.54, 1.807) is 31.2 Å². The van der Waals surface area contributed by atoms with Crippen molar-refractivity contribution in [2.75, 3.05) is 12.0 Å². The summed E-state index contributed by atoms with van der Waals surface area (Å²) in [6.45, 7) is 7.88. The zero-order valence-electron chi connectivity index (χ0n) is 20.5. The first-order chi connectivity index (χ1) is 16.9. The van der Waals surface area contributed by atoms with Gasteiger partial charge < -0.3 is 9.84 Å². The van der Waals surface area contributed by atoms with Crippen molar-refractivity contribution in [2.45, 2.75) is 39.2 Å². The normalized spacial score (nSPS) is 17.5. The highest BCUT2D eigenvalue weighted by Gasteiger charge is 2.48. The number of hydrogen-bond donors (Lipinski definition) is 1. The standard InChI is InChI=1S/C27H25ClN2O5S/c1-14-23(25(34)35-5)36-26(29-14)30-20(15-6-10-17(11-7-15)27(2,3)4)19(22(32)24(30)33)21(31)16-8-12-18(28)13-9-16/h6-13,20,31H,1-5H3. The molecule has 9 heteroatoms. The van der Waals surface area contributed by atoms with Gasteiger partial charge in [-0.25, -0.2) is 9.78 Å². The van der Waals surface area contributed by atoms with Crippen LogP contribution < -0.4 is 4.90 Å². The largest absolute Gasteiger partial charge is 0.507 e. The molecule has 7 nitrogen and oxygen atoms in total. The van der Waals surface area contributed by atoms with Crippen molar-refractivity contribution < 1.29 is 24.2 Å². The molecule has 1 fully saturated rings. The van der Waals surface area contributed by atoms with E-state index in [-0.39, 0.29) is 26.8 Å². The van der Waals surface area contributed by atoms with Crippen LogP contribution in [0, 0.1) is 6.92 Å². The fourth-order valence-electron chi connectivity index (χ4n) is 4.04. The number of aliphatic hydroxyl groups excluding tert-OH is 1. The Bertz CT molecular complexity index is 1390. The van der Waals surface area contributed by atoms with Gasteiger partial charge in [0.2, 0.25) is 0 Å². The predicted octanol–water partition coefficient (Wildman–Crippen LogP) is 5.82. The molecule has 1 aromatic heterocycles. The van der Waals surface area contributed by atoms with Crippen molar-refractivity contribution in [1.82, 2.24) is 4.98 Å². The number of esters is 1. The number of hydrogen-bond acceptors (Lipinski definition) is 7. The van der Waals surface area contributed by atoms with Crippen molar-refractivity contribution >= 4 is 51.5 Å². The number of aliphatic hydroxyl groups is 1. The summed E-state index contributed by atoms with van der Waals surface area (Å²) in [6.07, 6.45) is 0. The molecule has 2 heterocycles. The molecule has 1 unspecified atom stereocenters. The van der Waals surface area contributed by atoms with Crippen molar-refractivity contribution in [1.29, 1.82) is 0 Å². The molecule has 1 amide bonds. The van der Waals surface area contributed by atoms with Gasteiger partial charge in [0.25, 0.3) is 5.78 Å². The number of thiazole rings is 1. The predicted molar refractivity (Wildman–Crippen MR) is 140 cm³/mol. The summed E-state index contributed by atoms with van der Waals surface area (Å²) in [7, 11) is 1.26. The second-order valence-corrected chi connectivity index (χ2v) is 10.9. The van der Waals surface area contributed by atoms with E-state index in [1.165, 1.54) is 12.0 Å². The molecule has 4 rings (SSSR count). The minimum absolute atomic E-state index is 0.0710. The van der Waals surface area contributed by atoms with Gasteiger partial charge in [-0.3, -0.25) is 14.5 Å². The Balaban J connectivity index is 1.93. The number of carbonyl (C=O) groups excluding carboxylic acids is 3. The van der Waals surface area contributed by atoms with Crippen molar-refractivity contribution in [3.63, 3.8) is 0 Å². The van der Waals surface area contributed by atoms with Gasteiger partial charge in [-0.2, -0.15) is 0 Å². The van der Waals surface area contributed by atoms with Gasteiger partial charge in [0.1, 0.15) is 10.6 Å². The molecule has 1 aliphatic heterocycles. The van der Waals surface area contributed by atoms with Gasteiger partial charge in [-0.1, -0.05) is 68.0 Å². The SMILES string of the molecule is COC(=O)c1sc(N2C(=O)C(=O)C(=C(O)c3ccc(Cl)cc3)C2c2ccc(C(C)(C)C)cc2)nc1C. The number of Topliss-reactive ketones (excluding diaryl/α,β-unsaturated/α-hetero) is 1. The van der Waals surface area contributed by atoms with Crippen LogP contribution in [0.2, 0.25) is 5.02 Å². The summed E-state index contributed by atoms with van der Waals surface area (Å²) in [5.41, 5.74) is 2.23. The Hall–Kier alpha value is -3.49. The smallest absolute Gasteiger partial charge is 0.350 e. The first-order valence-corrected chi connectivity index (χ1v) is 12.4. The molecule has 0 bridgehead atoms. The van der Waals surface area contributed by atoms with E-state index in [1.807, 2.05) is 24.3 Å². The van der Waals surface area contributed by atoms with Crippen LogP contribution >= 0.6 is 22.9 Å². The maximum atomic E-state index is 13.3. The van der Waals surface area contributed by atoms with Crippen LogP contribution in [0.25, 0.3) is 5.76 Å². The van der Waals surface area contributed by atoms with E-state index in [2.05, 4.69) is 25.8 Å². The maximum absolute atomic E-state index is 13.3. The first-order valence-electron chi connectivity index (χ1n) is 11.2. The lowest BCUT2D eigenvalue weighted by Gasteiger charge is -2.24. The Morgan fingerprint density at radius 2 is 1.69 bits per heavy atom. The summed E-state index contributed by atoms with van der Waals surface area (Å²) in [4.78, 5) is 44.7. The Labute approximate surface area is 218 Å². The summed E-state index contributed by atoms with van der Waals surface area (Å²) < 4.78 is 4.83. The number of benzene rings is 2. The molecule has 2 aromatic carbocycles. The molecule has 1 aliphatic rings. The molecule has 0 spiro atoms. The minimum Gasteiger partial charge on any atom is -0.507 e. The van der Waals surface area contributed by atoms with Gasteiger partial charge >= 0.3 is 11.9 Å². The molecule has 0 saturated carbocycles. The molecule has 1 atom stereocenters. The molecule has 0 radical (unpaired) electrons. The van der Waals surface area contributed by atoms with E-state index in [9.17, 15) is 19.5 Å². The van der Waals surface area contributed by atoms with Gasteiger partial charge in [-0.15, -0.1) is 0 Å². The number of methoxy groups -OCH3 is 1. The van der Waals surface area contributed by atoms with Crippen LogP contribution in [0.4, 0.5) is 5.13 Å². The number of carbonyl (C=O) groups is 3. The molecule has 3 aromatic rings. The van der Waals surface area contributed by atoms with Crippen LogP contribution in [0.1, 0.15) is 58.9 Å². The lowest BCUT2D eigenvalue weighted by Crippen LogP contribution is -2.29. The fraction of sp³-hybridized carbons (Fsp3) is 0.259. The van der Waals surface area contributed by atoms with Crippen molar-refractivity contribution in [3.05, 3.63) is 86.4 Å². The van der Waals surface area contributed by atoms with Crippen LogP contribution in [-0.4, -0.2) is 34.9 Å². The quantitative estimate of drug-likeness (QED) is 0.200. The fourth-order valence-corrected chi connectivity index (χ4v) is 5.18. The zero-order valence-corrected chi connectivity index (χ0v) is 22.0. The lowest BCUT2D eigenvalue weighted by molar-refractivity contribution is -0.132. The average Bonchev–Trinajstić information content (AvgIpc) is 3.35. The van der Waals surface area contributed by atoms with E-state index in [4.69, 9.17) is 16.3 Å². The number of aromatic nitrogens is 1. The van der Waals surface area contributed by atoms with Crippen LogP contribution in [-0.2, 0) is 19.7 Å². The topological polar surface area (TPSA) is 96.8 Å². The second-order valence-electron chi connectivity index (χ2n) is 9.45. The number of anilines is 1. The number of aryl methyl sites for hydroxylation is 1. The molecular weight excluding hydrogens is 500 g/mol. The second kappa shape index (κ2) is 9.52. The summed E-state index contributed by atoms with van der Waals surface area (Å²) in [5, 5.41) is 11.8. The summed E-state index contributed by atoms with van der Waals surface area (Å²) >= 11 is 6.95. The third-order valence-corrected chi connectivity index (χ3v) is 7.41. The van der Waals surface area contributed by atoms with E-state index in [0.717, 1.165) is 16.9 Å². The summed E-state index contributed by atoms with van der Waals surface area (Å²) in [6, 6.07) is 12.9. The maximum Gasteiger partial charge on any atom is 0.350 e. The molecule has 1 N–H and O–H groups in total. The van der Waals surface area contributed by atoms with Gasteiger partial charge in [0.05, 0.1) is 24.4 Å². The highest BCUT2D eigenvalue weighted by atomic mass is 35.5. The number of halogens is 1. The van der Waals surface area contributed by atoms with Crippen molar-refractivity contribution in [2.24, 2.45) is 0 Å². The third kappa shape index (κ3) is 4.54.